The van der Waals surface area contributed by atoms with Gasteiger partial charge in [-0.05, 0) is 53.1 Å². The number of carbonyl (C=O) groups is 1. The lowest BCUT2D eigenvalue weighted by atomic mass is 9.95. The van der Waals surface area contributed by atoms with Gasteiger partial charge >= 0.3 is 0 Å². The van der Waals surface area contributed by atoms with E-state index >= 15 is 0 Å². The molecule has 3 N–H and O–H groups in total. The highest BCUT2D eigenvalue weighted by molar-refractivity contribution is 7.88. The van der Waals surface area contributed by atoms with E-state index in [0.29, 0.717) is 27.7 Å². The molecule has 0 atom stereocenters. The fourth-order valence-electron chi connectivity index (χ4n) is 3.92. The molecule has 1 amide bonds. The van der Waals surface area contributed by atoms with Crippen molar-refractivity contribution in [2.24, 2.45) is 5.73 Å². The van der Waals surface area contributed by atoms with Crippen LogP contribution < -0.4 is 5.73 Å². The van der Waals surface area contributed by atoms with Crippen LogP contribution in [0, 0.1) is 5.82 Å². The number of nitrogens with zero attached hydrogens (tertiary/aromatic N) is 1. The highest BCUT2D eigenvalue weighted by atomic mass is 32.2. The van der Waals surface area contributed by atoms with Gasteiger partial charge in [0.2, 0.25) is 10.0 Å². The minimum Gasteiger partial charge on any atom is -0.455 e. The summed E-state index contributed by atoms with van der Waals surface area (Å²) in [5.74, 6) is -0.934. The van der Waals surface area contributed by atoms with Gasteiger partial charge in [0.1, 0.15) is 17.2 Å². The lowest BCUT2D eigenvalue weighted by Gasteiger charge is -2.21. The zero-order valence-corrected chi connectivity index (χ0v) is 19.2. The second-order valence-corrected chi connectivity index (χ2v) is 9.85. The number of fused-ring (bicyclic) bond motifs is 1. The summed E-state index contributed by atoms with van der Waals surface area (Å²) >= 11 is 0. The van der Waals surface area contributed by atoms with Crippen molar-refractivity contribution in [1.82, 2.24) is 4.31 Å². The van der Waals surface area contributed by atoms with Crippen LogP contribution in [0.2, 0.25) is 0 Å². The molecule has 0 aliphatic carbocycles. The molecule has 0 saturated heterocycles. The third-order valence-electron chi connectivity index (χ3n) is 5.52. The highest BCUT2D eigenvalue weighted by Gasteiger charge is 2.24. The van der Waals surface area contributed by atoms with Crippen LogP contribution in [-0.4, -0.2) is 43.1 Å². The van der Waals surface area contributed by atoms with Crippen LogP contribution in [0.25, 0.3) is 33.4 Å². The maximum absolute atomic E-state index is 13.4. The molecule has 0 saturated carbocycles. The van der Waals surface area contributed by atoms with Crippen molar-refractivity contribution < 1.29 is 27.1 Å². The Balaban J connectivity index is 1.97. The lowest BCUT2D eigenvalue weighted by molar-refractivity contribution is 0.100. The molecular formula is C25H23FN2O5S. The van der Waals surface area contributed by atoms with Gasteiger partial charge in [-0.1, -0.05) is 30.3 Å². The number of nitrogens with two attached hydrogens (primary N) is 1. The normalized spacial score (nSPS) is 11.9. The van der Waals surface area contributed by atoms with Crippen LogP contribution in [0.5, 0.6) is 0 Å². The quantitative estimate of drug-likeness (QED) is 0.397. The Hall–Kier alpha value is -3.53. The van der Waals surface area contributed by atoms with Gasteiger partial charge in [0.25, 0.3) is 5.91 Å². The van der Waals surface area contributed by atoms with Gasteiger partial charge in [0.05, 0.1) is 18.4 Å². The summed E-state index contributed by atoms with van der Waals surface area (Å²) in [4.78, 5) is 12.4. The highest BCUT2D eigenvalue weighted by Crippen LogP contribution is 2.38. The summed E-state index contributed by atoms with van der Waals surface area (Å²) in [5.41, 5.74) is 8.78. The van der Waals surface area contributed by atoms with Crippen LogP contribution in [0.1, 0.15) is 15.9 Å². The molecule has 0 radical (unpaired) electrons. The molecular weight excluding hydrogens is 459 g/mol. The minimum absolute atomic E-state index is 0.0158. The van der Waals surface area contributed by atoms with Gasteiger partial charge in [-0.3, -0.25) is 4.79 Å². The number of aliphatic hydroxyl groups excluding tert-OH is 1. The maximum Gasteiger partial charge on any atom is 0.253 e. The molecule has 4 rings (SSSR count). The minimum atomic E-state index is -3.61. The first-order valence-electron chi connectivity index (χ1n) is 10.5. The number of aliphatic hydroxyl groups is 1. The molecule has 1 heterocycles. The number of hydrogen-bond acceptors (Lipinski definition) is 5. The average molecular weight is 483 g/mol. The van der Waals surface area contributed by atoms with Crippen molar-refractivity contribution in [2.45, 2.75) is 6.54 Å². The van der Waals surface area contributed by atoms with Gasteiger partial charge in [-0.15, -0.1) is 0 Å². The van der Waals surface area contributed by atoms with Crippen LogP contribution in [0.3, 0.4) is 0 Å². The Bertz CT molecular complexity index is 1450. The molecule has 0 aliphatic heterocycles. The third-order valence-corrected chi connectivity index (χ3v) is 6.77. The van der Waals surface area contributed by atoms with Crippen molar-refractivity contribution in [3.05, 3.63) is 83.7 Å². The number of hydrogen-bond donors (Lipinski definition) is 2. The van der Waals surface area contributed by atoms with Gasteiger partial charge < -0.3 is 15.3 Å². The summed E-state index contributed by atoms with van der Waals surface area (Å²) in [6, 6.07) is 18.2. The van der Waals surface area contributed by atoms with Crippen LogP contribution >= 0.6 is 0 Å². The summed E-state index contributed by atoms with van der Waals surface area (Å²) < 4.78 is 45.2. The predicted molar refractivity (Wildman–Crippen MR) is 128 cm³/mol. The molecule has 9 heteroatoms. The van der Waals surface area contributed by atoms with E-state index in [1.165, 1.54) is 28.6 Å². The fourth-order valence-corrected chi connectivity index (χ4v) is 4.70. The zero-order chi connectivity index (χ0) is 24.5. The van der Waals surface area contributed by atoms with Gasteiger partial charge in [-0.25, -0.2) is 12.8 Å². The van der Waals surface area contributed by atoms with E-state index in [-0.39, 0.29) is 31.0 Å². The standard InChI is InChI=1S/C25H23FN2O5S/c1-34(31,32)28(11-12-29)15-18-13-22-21(14-20(18)16-5-3-2-4-6-16)23(25(27)30)24(33-22)17-7-9-19(26)10-8-17/h2-10,13-14,29H,11-12,15H2,1H3,(H2,27,30). The maximum atomic E-state index is 13.4. The molecule has 1 aromatic heterocycles. The van der Waals surface area contributed by atoms with Crippen LogP contribution in [0.15, 0.2) is 71.1 Å². The first-order chi connectivity index (χ1) is 16.2. The molecule has 3 aromatic carbocycles. The van der Waals surface area contributed by atoms with Crippen LogP contribution in [0.4, 0.5) is 4.39 Å². The molecule has 4 aromatic rings. The van der Waals surface area contributed by atoms with E-state index in [4.69, 9.17) is 10.2 Å². The van der Waals surface area contributed by atoms with E-state index in [0.717, 1.165) is 11.8 Å². The first kappa shape index (κ1) is 23.6. The van der Waals surface area contributed by atoms with Gasteiger partial charge in [0, 0.05) is 24.0 Å². The Labute approximate surface area is 196 Å². The summed E-state index contributed by atoms with van der Waals surface area (Å²) in [7, 11) is -3.61. The number of amides is 1. The molecule has 0 bridgehead atoms. The summed E-state index contributed by atoms with van der Waals surface area (Å²) in [6.45, 7) is -0.425. The molecule has 0 spiro atoms. The zero-order valence-electron chi connectivity index (χ0n) is 18.4. The van der Waals surface area contributed by atoms with Crippen molar-refractivity contribution in [3.8, 4) is 22.5 Å². The number of rotatable bonds is 8. The van der Waals surface area contributed by atoms with E-state index in [9.17, 15) is 22.7 Å². The summed E-state index contributed by atoms with van der Waals surface area (Å²) in [6.07, 6.45) is 1.08. The smallest absolute Gasteiger partial charge is 0.253 e. The molecule has 7 nitrogen and oxygen atoms in total. The Morgan fingerprint density at radius 3 is 2.32 bits per heavy atom. The average Bonchev–Trinajstić information content (AvgIpc) is 3.17. The van der Waals surface area contributed by atoms with Gasteiger partial charge in [-0.2, -0.15) is 4.31 Å². The number of furan rings is 1. The van der Waals surface area contributed by atoms with Crippen molar-refractivity contribution >= 4 is 26.9 Å². The molecule has 34 heavy (non-hydrogen) atoms. The van der Waals surface area contributed by atoms with Crippen molar-refractivity contribution in [2.75, 3.05) is 19.4 Å². The second-order valence-electron chi connectivity index (χ2n) is 7.87. The largest absolute Gasteiger partial charge is 0.455 e. The van der Waals surface area contributed by atoms with Crippen molar-refractivity contribution in [3.63, 3.8) is 0 Å². The fraction of sp³-hybridized carbons (Fsp3) is 0.160. The van der Waals surface area contributed by atoms with E-state index in [2.05, 4.69) is 0 Å². The molecule has 0 fully saturated rings. The van der Waals surface area contributed by atoms with Crippen LogP contribution in [-0.2, 0) is 16.6 Å². The number of primary amides is 1. The van der Waals surface area contributed by atoms with E-state index in [1.807, 2.05) is 30.3 Å². The second kappa shape index (κ2) is 9.38. The summed E-state index contributed by atoms with van der Waals surface area (Å²) in [5, 5.41) is 9.84. The number of halogens is 1. The van der Waals surface area contributed by atoms with Gasteiger partial charge in [0.15, 0.2) is 0 Å². The predicted octanol–water partition coefficient (Wildman–Crippen LogP) is 3.76. The molecule has 0 unspecified atom stereocenters. The topological polar surface area (TPSA) is 114 Å². The molecule has 176 valence electrons. The van der Waals surface area contributed by atoms with E-state index in [1.54, 1.807) is 12.1 Å². The Morgan fingerprint density at radius 1 is 1.06 bits per heavy atom. The monoisotopic (exact) mass is 482 g/mol. The third kappa shape index (κ3) is 4.72. The van der Waals surface area contributed by atoms with Crippen molar-refractivity contribution in [1.29, 1.82) is 0 Å². The number of benzene rings is 3. The molecule has 0 aliphatic rings. The number of carbonyl (C=O) groups excluding carboxylic acids is 1. The number of sulfonamides is 1. The SMILES string of the molecule is CS(=O)(=O)N(CCO)Cc1cc2oc(-c3ccc(F)cc3)c(C(N)=O)c2cc1-c1ccccc1. The van der Waals surface area contributed by atoms with E-state index < -0.39 is 21.7 Å². The Morgan fingerprint density at radius 2 is 1.74 bits per heavy atom. The first-order valence-corrected chi connectivity index (χ1v) is 12.3. The lowest BCUT2D eigenvalue weighted by Crippen LogP contribution is -2.32. The Kier molecular flexibility index (Phi) is 6.52.